The van der Waals surface area contributed by atoms with Crippen molar-refractivity contribution >= 4 is 17.0 Å². The number of guanidine groups is 1. The fourth-order valence-electron chi connectivity index (χ4n) is 3.74. The molecule has 0 radical (unpaired) electrons. The number of fused-ring (bicyclic) bond motifs is 1. The number of nitrogens with zero attached hydrogens (tertiary/aromatic N) is 2. The average molecular weight is 342 g/mol. The highest BCUT2D eigenvalue weighted by molar-refractivity contribution is 5.80. The van der Waals surface area contributed by atoms with Crippen molar-refractivity contribution in [3.05, 3.63) is 30.1 Å². The Morgan fingerprint density at radius 2 is 2.00 bits per heavy atom. The van der Waals surface area contributed by atoms with E-state index < -0.39 is 0 Å². The third-order valence-electron chi connectivity index (χ3n) is 5.37. The smallest absolute Gasteiger partial charge is 0.191 e. The van der Waals surface area contributed by atoms with Crippen LogP contribution in [0.25, 0.3) is 11.0 Å². The van der Waals surface area contributed by atoms with Crippen molar-refractivity contribution < 1.29 is 0 Å². The summed E-state index contributed by atoms with van der Waals surface area (Å²) in [6.07, 6.45) is 5.99. The number of nitrogens with one attached hydrogen (secondary N) is 3. The summed E-state index contributed by atoms with van der Waals surface area (Å²) in [5, 5.41) is 7.01. The standard InChI is InChI=1S/C20H31N5/c1-14(2)15-8-10-16(11-9-15)23-20(21-3)22-13-12-19-24-17-6-4-5-7-18(17)25-19/h4-7,14-16H,8-13H2,1-3H3,(H,24,25)(H2,21,22,23). The predicted octanol–water partition coefficient (Wildman–Crippen LogP) is 3.49. The van der Waals surface area contributed by atoms with Crippen molar-refractivity contribution in [2.75, 3.05) is 13.6 Å². The van der Waals surface area contributed by atoms with E-state index in [9.17, 15) is 0 Å². The largest absolute Gasteiger partial charge is 0.356 e. The number of H-pyrrole nitrogens is 1. The molecule has 0 amide bonds. The van der Waals surface area contributed by atoms with Gasteiger partial charge in [-0.1, -0.05) is 26.0 Å². The van der Waals surface area contributed by atoms with E-state index in [0.29, 0.717) is 6.04 Å². The molecule has 0 atom stereocenters. The Hall–Kier alpha value is -2.04. The molecule has 25 heavy (non-hydrogen) atoms. The van der Waals surface area contributed by atoms with Crippen LogP contribution < -0.4 is 10.6 Å². The van der Waals surface area contributed by atoms with Gasteiger partial charge < -0.3 is 15.6 Å². The lowest BCUT2D eigenvalue weighted by Crippen LogP contribution is -2.45. The zero-order valence-electron chi connectivity index (χ0n) is 15.7. The molecule has 1 aromatic heterocycles. The molecule has 0 saturated heterocycles. The molecule has 136 valence electrons. The summed E-state index contributed by atoms with van der Waals surface area (Å²) in [6.45, 7) is 5.51. The molecule has 1 fully saturated rings. The van der Waals surface area contributed by atoms with Crippen LogP contribution in [0.1, 0.15) is 45.4 Å². The second-order valence-electron chi connectivity index (χ2n) is 7.45. The van der Waals surface area contributed by atoms with Crippen molar-refractivity contribution in [3.8, 4) is 0 Å². The Morgan fingerprint density at radius 3 is 2.68 bits per heavy atom. The van der Waals surface area contributed by atoms with Gasteiger partial charge in [-0.25, -0.2) is 4.98 Å². The first kappa shape index (κ1) is 17.8. The maximum Gasteiger partial charge on any atom is 0.191 e. The quantitative estimate of drug-likeness (QED) is 0.576. The van der Waals surface area contributed by atoms with Crippen LogP contribution >= 0.6 is 0 Å². The Morgan fingerprint density at radius 1 is 1.24 bits per heavy atom. The molecule has 1 aliphatic carbocycles. The minimum atomic E-state index is 0.549. The minimum absolute atomic E-state index is 0.549. The van der Waals surface area contributed by atoms with Crippen LogP contribution in [-0.2, 0) is 6.42 Å². The Kier molecular flexibility index (Phi) is 5.95. The predicted molar refractivity (Wildman–Crippen MR) is 105 cm³/mol. The van der Waals surface area contributed by atoms with E-state index in [1.807, 2.05) is 25.2 Å². The number of aromatic nitrogens is 2. The molecule has 5 heteroatoms. The second-order valence-corrected chi connectivity index (χ2v) is 7.45. The molecule has 1 aromatic carbocycles. The van der Waals surface area contributed by atoms with Crippen molar-refractivity contribution in [1.82, 2.24) is 20.6 Å². The number of hydrogen-bond donors (Lipinski definition) is 3. The first-order chi connectivity index (χ1) is 12.2. The second kappa shape index (κ2) is 8.37. The topological polar surface area (TPSA) is 65.1 Å². The number of aromatic amines is 1. The van der Waals surface area contributed by atoms with Gasteiger partial charge in [-0.3, -0.25) is 4.99 Å². The molecule has 3 rings (SSSR count). The Bertz CT molecular complexity index is 662. The van der Waals surface area contributed by atoms with Crippen LogP contribution in [0.2, 0.25) is 0 Å². The molecule has 5 nitrogen and oxygen atoms in total. The van der Waals surface area contributed by atoms with E-state index in [2.05, 4.69) is 45.5 Å². The highest BCUT2D eigenvalue weighted by Crippen LogP contribution is 2.29. The van der Waals surface area contributed by atoms with E-state index in [-0.39, 0.29) is 0 Å². The van der Waals surface area contributed by atoms with E-state index >= 15 is 0 Å². The molecule has 0 bridgehead atoms. The highest BCUT2D eigenvalue weighted by Gasteiger charge is 2.23. The van der Waals surface area contributed by atoms with Crippen molar-refractivity contribution in [3.63, 3.8) is 0 Å². The van der Waals surface area contributed by atoms with Crippen molar-refractivity contribution in [1.29, 1.82) is 0 Å². The lowest BCUT2D eigenvalue weighted by Gasteiger charge is -2.32. The van der Waals surface area contributed by atoms with E-state index in [0.717, 1.165) is 47.6 Å². The van der Waals surface area contributed by atoms with Crippen molar-refractivity contribution in [2.24, 2.45) is 16.8 Å². The SMILES string of the molecule is CN=C(NCCc1nc2ccccc2[nH]1)NC1CCC(C(C)C)CC1. The van der Waals surface area contributed by atoms with Gasteiger partial charge in [-0.15, -0.1) is 0 Å². The number of imidazole rings is 1. The van der Waals surface area contributed by atoms with Gasteiger partial charge in [0, 0.05) is 26.1 Å². The maximum atomic E-state index is 4.62. The van der Waals surface area contributed by atoms with Gasteiger partial charge >= 0.3 is 0 Å². The van der Waals surface area contributed by atoms with Crippen LogP contribution in [-0.4, -0.2) is 35.6 Å². The number of rotatable bonds is 5. The van der Waals surface area contributed by atoms with Crippen molar-refractivity contribution in [2.45, 2.75) is 52.0 Å². The molecular weight excluding hydrogens is 310 g/mol. The van der Waals surface area contributed by atoms with E-state index in [1.54, 1.807) is 0 Å². The molecular formula is C20H31N5. The van der Waals surface area contributed by atoms with Crippen LogP contribution in [0, 0.1) is 11.8 Å². The Labute approximate surface area is 150 Å². The summed E-state index contributed by atoms with van der Waals surface area (Å²) >= 11 is 0. The van der Waals surface area contributed by atoms with Crippen LogP contribution in [0.5, 0.6) is 0 Å². The lowest BCUT2D eigenvalue weighted by atomic mass is 9.80. The number of aliphatic imine (C=N–C) groups is 1. The van der Waals surface area contributed by atoms with E-state index in [1.165, 1.54) is 25.7 Å². The summed E-state index contributed by atoms with van der Waals surface area (Å²) in [4.78, 5) is 12.4. The van der Waals surface area contributed by atoms with Crippen LogP contribution in [0.4, 0.5) is 0 Å². The summed E-state index contributed by atoms with van der Waals surface area (Å²) < 4.78 is 0. The molecule has 0 spiro atoms. The molecule has 1 aliphatic rings. The summed E-state index contributed by atoms with van der Waals surface area (Å²) in [5.41, 5.74) is 2.13. The minimum Gasteiger partial charge on any atom is -0.356 e. The maximum absolute atomic E-state index is 4.62. The van der Waals surface area contributed by atoms with E-state index in [4.69, 9.17) is 0 Å². The van der Waals surface area contributed by atoms with Crippen LogP contribution in [0.3, 0.4) is 0 Å². The molecule has 0 aliphatic heterocycles. The summed E-state index contributed by atoms with van der Waals surface area (Å²) in [6, 6.07) is 8.70. The molecule has 1 heterocycles. The molecule has 0 unspecified atom stereocenters. The van der Waals surface area contributed by atoms with Gasteiger partial charge in [-0.05, 0) is 49.7 Å². The summed E-state index contributed by atoms with van der Waals surface area (Å²) in [5.74, 6) is 3.62. The highest BCUT2D eigenvalue weighted by atomic mass is 15.2. The first-order valence-electron chi connectivity index (χ1n) is 9.56. The van der Waals surface area contributed by atoms with Gasteiger partial charge in [0.05, 0.1) is 11.0 Å². The fourth-order valence-corrected chi connectivity index (χ4v) is 3.74. The zero-order valence-corrected chi connectivity index (χ0v) is 15.7. The van der Waals surface area contributed by atoms with Gasteiger partial charge in [-0.2, -0.15) is 0 Å². The monoisotopic (exact) mass is 341 g/mol. The van der Waals surface area contributed by atoms with Crippen LogP contribution in [0.15, 0.2) is 29.3 Å². The fraction of sp³-hybridized carbons (Fsp3) is 0.600. The zero-order chi connectivity index (χ0) is 17.6. The summed E-state index contributed by atoms with van der Waals surface area (Å²) in [7, 11) is 1.84. The Balaban J connectivity index is 1.43. The molecule has 3 N–H and O–H groups in total. The normalized spacial score (nSPS) is 21.7. The number of hydrogen-bond acceptors (Lipinski definition) is 2. The third kappa shape index (κ3) is 4.74. The number of para-hydroxylation sites is 2. The van der Waals surface area contributed by atoms with Gasteiger partial charge in [0.1, 0.15) is 5.82 Å². The van der Waals surface area contributed by atoms with Gasteiger partial charge in [0.25, 0.3) is 0 Å². The molecule has 1 saturated carbocycles. The average Bonchev–Trinajstić information content (AvgIpc) is 3.04. The third-order valence-corrected chi connectivity index (χ3v) is 5.37. The van der Waals surface area contributed by atoms with Gasteiger partial charge in [0.15, 0.2) is 5.96 Å². The first-order valence-corrected chi connectivity index (χ1v) is 9.56. The number of benzene rings is 1. The lowest BCUT2D eigenvalue weighted by molar-refractivity contribution is 0.250. The van der Waals surface area contributed by atoms with Gasteiger partial charge in [0.2, 0.25) is 0 Å². The molecule has 2 aromatic rings.